The van der Waals surface area contributed by atoms with Crippen LogP contribution in [-0.2, 0) is 0 Å². The third-order valence-electron chi connectivity index (χ3n) is 3.00. The first-order valence-electron chi connectivity index (χ1n) is 6.61. The molecular formula is C17H13N3O2. The lowest BCUT2D eigenvalue weighted by Crippen LogP contribution is -1.91. The SMILES string of the molecule is COc1cc(C#Cc2cnc3cccnc3n2)cc(OC)c1. The van der Waals surface area contributed by atoms with Gasteiger partial charge in [0.1, 0.15) is 22.7 Å². The number of rotatable bonds is 2. The molecular weight excluding hydrogens is 278 g/mol. The average molecular weight is 291 g/mol. The van der Waals surface area contributed by atoms with E-state index in [-0.39, 0.29) is 0 Å². The maximum Gasteiger partial charge on any atom is 0.179 e. The van der Waals surface area contributed by atoms with E-state index in [1.54, 1.807) is 32.7 Å². The Bertz CT molecular complexity index is 859. The highest BCUT2D eigenvalue weighted by molar-refractivity contribution is 5.69. The minimum absolute atomic E-state index is 0.563. The van der Waals surface area contributed by atoms with E-state index in [0.717, 1.165) is 11.1 Å². The summed E-state index contributed by atoms with van der Waals surface area (Å²) in [6, 6.07) is 9.15. The molecule has 0 aliphatic carbocycles. The fourth-order valence-corrected chi connectivity index (χ4v) is 1.93. The minimum atomic E-state index is 0.563. The van der Waals surface area contributed by atoms with Crippen molar-refractivity contribution >= 4 is 11.2 Å². The standard InChI is InChI=1S/C17H13N3O2/c1-21-14-8-12(9-15(10-14)22-2)5-6-13-11-19-16-4-3-7-18-17(16)20-13/h3-4,7-11H,1-2H3. The van der Waals surface area contributed by atoms with Crippen molar-refractivity contribution in [3.8, 4) is 23.3 Å². The number of methoxy groups -OCH3 is 2. The summed E-state index contributed by atoms with van der Waals surface area (Å²) in [7, 11) is 3.21. The lowest BCUT2D eigenvalue weighted by molar-refractivity contribution is 0.394. The van der Waals surface area contributed by atoms with Gasteiger partial charge >= 0.3 is 0 Å². The van der Waals surface area contributed by atoms with Gasteiger partial charge in [0, 0.05) is 17.8 Å². The Morgan fingerprint density at radius 2 is 1.73 bits per heavy atom. The van der Waals surface area contributed by atoms with Gasteiger partial charge in [-0.15, -0.1) is 0 Å². The van der Waals surface area contributed by atoms with Gasteiger partial charge < -0.3 is 9.47 Å². The number of fused-ring (bicyclic) bond motifs is 1. The number of aromatic nitrogens is 3. The van der Waals surface area contributed by atoms with Crippen molar-refractivity contribution in [1.82, 2.24) is 15.0 Å². The Balaban J connectivity index is 1.96. The first-order chi connectivity index (χ1) is 10.8. The molecule has 0 bridgehead atoms. The van der Waals surface area contributed by atoms with Gasteiger partial charge in [-0.25, -0.2) is 15.0 Å². The summed E-state index contributed by atoms with van der Waals surface area (Å²) in [4.78, 5) is 12.8. The molecule has 22 heavy (non-hydrogen) atoms. The zero-order valence-corrected chi connectivity index (χ0v) is 12.2. The highest BCUT2D eigenvalue weighted by atomic mass is 16.5. The summed E-state index contributed by atoms with van der Waals surface area (Å²) in [5, 5.41) is 0. The number of hydrogen-bond donors (Lipinski definition) is 0. The second-order valence-electron chi connectivity index (χ2n) is 4.45. The maximum atomic E-state index is 5.22. The molecule has 2 heterocycles. The summed E-state index contributed by atoms with van der Waals surface area (Å²) in [5.74, 6) is 7.40. The van der Waals surface area contributed by atoms with Crippen molar-refractivity contribution in [2.45, 2.75) is 0 Å². The van der Waals surface area contributed by atoms with Crippen molar-refractivity contribution in [2.24, 2.45) is 0 Å². The van der Waals surface area contributed by atoms with Crippen LogP contribution in [0.3, 0.4) is 0 Å². The van der Waals surface area contributed by atoms with Crippen molar-refractivity contribution in [2.75, 3.05) is 14.2 Å². The fraction of sp³-hybridized carbons (Fsp3) is 0.118. The first-order valence-corrected chi connectivity index (χ1v) is 6.61. The van der Waals surface area contributed by atoms with Gasteiger partial charge in [0.15, 0.2) is 5.65 Å². The van der Waals surface area contributed by atoms with E-state index in [9.17, 15) is 0 Å². The highest BCUT2D eigenvalue weighted by Gasteiger charge is 2.00. The van der Waals surface area contributed by atoms with Crippen LogP contribution in [0, 0.1) is 11.8 Å². The van der Waals surface area contributed by atoms with E-state index in [1.165, 1.54) is 0 Å². The van der Waals surface area contributed by atoms with Crippen LogP contribution in [0.5, 0.6) is 11.5 Å². The number of benzene rings is 1. The molecule has 0 amide bonds. The molecule has 0 aliphatic rings. The highest BCUT2D eigenvalue weighted by Crippen LogP contribution is 2.21. The molecule has 0 saturated carbocycles. The van der Waals surface area contributed by atoms with Crippen LogP contribution >= 0.6 is 0 Å². The van der Waals surface area contributed by atoms with Crippen LogP contribution in [0.1, 0.15) is 11.3 Å². The predicted molar refractivity (Wildman–Crippen MR) is 82.9 cm³/mol. The molecule has 108 valence electrons. The van der Waals surface area contributed by atoms with Crippen LogP contribution in [0.25, 0.3) is 11.2 Å². The molecule has 0 aliphatic heterocycles. The quantitative estimate of drug-likeness (QED) is 0.679. The van der Waals surface area contributed by atoms with E-state index in [4.69, 9.17) is 9.47 Å². The fourth-order valence-electron chi connectivity index (χ4n) is 1.93. The van der Waals surface area contributed by atoms with Gasteiger partial charge in [0.2, 0.25) is 0 Å². The molecule has 0 radical (unpaired) electrons. The summed E-state index contributed by atoms with van der Waals surface area (Å²) in [5.41, 5.74) is 2.67. The van der Waals surface area contributed by atoms with Crippen molar-refractivity contribution < 1.29 is 9.47 Å². The van der Waals surface area contributed by atoms with E-state index in [0.29, 0.717) is 22.8 Å². The minimum Gasteiger partial charge on any atom is -0.497 e. The van der Waals surface area contributed by atoms with Crippen LogP contribution in [0.2, 0.25) is 0 Å². The zero-order chi connectivity index (χ0) is 15.4. The second kappa shape index (κ2) is 6.10. The summed E-state index contributed by atoms with van der Waals surface area (Å²) < 4.78 is 10.4. The van der Waals surface area contributed by atoms with E-state index in [1.807, 2.05) is 24.3 Å². The summed E-state index contributed by atoms with van der Waals surface area (Å²) in [6.45, 7) is 0. The molecule has 0 saturated heterocycles. The second-order valence-corrected chi connectivity index (χ2v) is 4.45. The Kier molecular flexibility index (Phi) is 3.84. The molecule has 1 aromatic carbocycles. The van der Waals surface area contributed by atoms with Gasteiger partial charge in [-0.3, -0.25) is 0 Å². The molecule has 0 spiro atoms. The van der Waals surface area contributed by atoms with Crippen LogP contribution in [-0.4, -0.2) is 29.2 Å². The molecule has 3 aromatic rings. The topological polar surface area (TPSA) is 57.1 Å². The molecule has 5 nitrogen and oxygen atoms in total. The van der Waals surface area contributed by atoms with Crippen LogP contribution in [0.15, 0.2) is 42.7 Å². The number of pyridine rings is 1. The summed E-state index contributed by atoms with van der Waals surface area (Å²) >= 11 is 0. The lowest BCUT2D eigenvalue weighted by Gasteiger charge is -2.04. The average Bonchev–Trinajstić information content (AvgIpc) is 2.59. The first kappa shape index (κ1) is 13.8. The Morgan fingerprint density at radius 3 is 2.45 bits per heavy atom. The molecule has 0 N–H and O–H groups in total. The third-order valence-corrected chi connectivity index (χ3v) is 3.00. The molecule has 2 aromatic heterocycles. The third kappa shape index (κ3) is 2.96. The van der Waals surface area contributed by atoms with E-state index in [2.05, 4.69) is 26.8 Å². The lowest BCUT2D eigenvalue weighted by atomic mass is 10.2. The van der Waals surface area contributed by atoms with Crippen LogP contribution < -0.4 is 9.47 Å². The smallest absolute Gasteiger partial charge is 0.179 e. The number of ether oxygens (including phenoxy) is 2. The van der Waals surface area contributed by atoms with Crippen LogP contribution in [0.4, 0.5) is 0 Å². The normalized spacial score (nSPS) is 9.91. The van der Waals surface area contributed by atoms with Gasteiger partial charge in [-0.05, 0) is 30.2 Å². The molecule has 5 heteroatoms. The van der Waals surface area contributed by atoms with Gasteiger partial charge in [0.05, 0.1) is 20.4 Å². The van der Waals surface area contributed by atoms with Crippen molar-refractivity contribution in [3.63, 3.8) is 0 Å². The molecule has 0 atom stereocenters. The Morgan fingerprint density at radius 1 is 0.955 bits per heavy atom. The van der Waals surface area contributed by atoms with Gasteiger partial charge in [-0.1, -0.05) is 5.92 Å². The Labute approximate surface area is 128 Å². The van der Waals surface area contributed by atoms with Gasteiger partial charge in [-0.2, -0.15) is 0 Å². The predicted octanol–water partition coefficient (Wildman–Crippen LogP) is 2.44. The number of nitrogens with zero attached hydrogens (tertiary/aromatic N) is 3. The zero-order valence-electron chi connectivity index (χ0n) is 12.2. The monoisotopic (exact) mass is 291 g/mol. The maximum absolute atomic E-state index is 5.22. The molecule has 3 rings (SSSR count). The van der Waals surface area contributed by atoms with Gasteiger partial charge in [0.25, 0.3) is 0 Å². The van der Waals surface area contributed by atoms with Crippen molar-refractivity contribution in [3.05, 3.63) is 54.0 Å². The van der Waals surface area contributed by atoms with E-state index < -0.39 is 0 Å². The Hall–Kier alpha value is -3.13. The van der Waals surface area contributed by atoms with Crippen molar-refractivity contribution in [1.29, 1.82) is 0 Å². The summed E-state index contributed by atoms with van der Waals surface area (Å²) in [6.07, 6.45) is 3.32. The molecule has 0 fully saturated rings. The molecule has 0 unspecified atom stereocenters. The largest absolute Gasteiger partial charge is 0.497 e. The number of hydrogen-bond acceptors (Lipinski definition) is 5. The van der Waals surface area contributed by atoms with E-state index >= 15 is 0 Å².